The number of para-hydroxylation sites is 1. The Morgan fingerprint density at radius 2 is 1.72 bits per heavy atom. The molecule has 0 aliphatic carbocycles. The maximum absolute atomic E-state index is 6.31. The molecule has 0 amide bonds. The number of rotatable bonds is 9. The van der Waals surface area contributed by atoms with Crippen LogP contribution < -0.4 is 10.5 Å². The monoisotopic (exact) mass is 483 g/mol. The van der Waals surface area contributed by atoms with Crippen LogP contribution in [-0.2, 0) is 17.8 Å². The first kappa shape index (κ1) is 23.7. The van der Waals surface area contributed by atoms with Crippen molar-refractivity contribution in [3.05, 3.63) is 71.9 Å². The van der Waals surface area contributed by atoms with Gasteiger partial charge in [0.2, 0.25) is 0 Å². The molecule has 2 aromatic carbocycles. The molecular weight excluding hydrogens is 454 g/mol. The molecule has 0 saturated heterocycles. The molecule has 36 heavy (non-hydrogen) atoms. The normalized spacial score (nSPS) is 11.6. The molecule has 0 radical (unpaired) electrons. The van der Waals surface area contributed by atoms with Crippen molar-refractivity contribution < 1.29 is 9.47 Å². The maximum Gasteiger partial charge on any atom is 0.320 e. The van der Waals surface area contributed by atoms with Gasteiger partial charge in [0.1, 0.15) is 12.4 Å². The molecule has 3 heterocycles. The molecule has 3 aromatic heterocycles. The third kappa shape index (κ3) is 4.98. The third-order valence-corrected chi connectivity index (χ3v) is 5.83. The zero-order chi connectivity index (χ0) is 25.1. The summed E-state index contributed by atoms with van der Waals surface area (Å²) in [5.41, 5.74) is 11.6. The predicted octanol–water partition coefficient (Wildman–Crippen LogP) is 3.76. The number of hydrogen-bond donors (Lipinski definition) is 1. The van der Waals surface area contributed by atoms with E-state index in [-0.39, 0.29) is 11.8 Å². The van der Waals surface area contributed by atoms with Gasteiger partial charge < -0.3 is 24.7 Å². The predicted molar refractivity (Wildman–Crippen MR) is 141 cm³/mol. The summed E-state index contributed by atoms with van der Waals surface area (Å²) in [7, 11) is 5.74. The van der Waals surface area contributed by atoms with Crippen LogP contribution >= 0.6 is 0 Å². The Kier molecular flexibility index (Phi) is 6.75. The van der Waals surface area contributed by atoms with Crippen LogP contribution in [0.5, 0.6) is 6.01 Å². The number of pyridine rings is 1. The highest BCUT2D eigenvalue weighted by atomic mass is 16.5. The molecule has 9 heteroatoms. The molecule has 5 aromatic rings. The van der Waals surface area contributed by atoms with E-state index < -0.39 is 0 Å². The number of aromatic nitrogens is 5. The van der Waals surface area contributed by atoms with Gasteiger partial charge in [0, 0.05) is 30.8 Å². The number of benzene rings is 2. The van der Waals surface area contributed by atoms with Crippen LogP contribution in [0.4, 0.5) is 5.82 Å². The van der Waals surface area contributed by atoms with Crippen molar-refractivity contribution in [2.45, 2.75) is 13.1 Å². The molecule has 0 saturated carbocycles. The second kappa shape index (κ2) is 10.3. The van der Waals surface area contributed by atoms with Crippen LogP contribution in [0.15, 0.2) is 60.8 Å². The Hall–Kier alpha value is -4.08. The van der Waals surface area contributed by atoms with Gasteiger partial charge in [0.25, 0.3) is 0 Å². The first-order chi connectivity index (χ1) is 17.5. The topological polar surface area (TPSA) is 104 Å². The smallest absolute Gasteiger partial charge is 0.320 e. The van der Waals surface area contributed by atoms with E-state index in [0.29, 0.717) is 30.9 Å². The number of fused-ring (bicyclic) bond motifs is 2. The second-order valence-electron chi connectivity index (χ2n) is 8.90. The summed E-state index contributed by atoms with van der Waals surface area (Å²) in [6.45, 7) is 2.18. The first-order valence-electron chi connectivity index (χ1n) is 11.7. The lowest BCUT2D eigenvalue weighted by molar-refractivity contribution is 0.141. The van der Waals surface area contributed by atoms with Crippen molar-refractivity contribution >= 4 is 27.9 Å². The SMILES string of the molecule is COCCOc1nc(N)c2nc(-c3cnc4ccccc4c3)n(Cc3ccc(CN(C)C)cc3)c2n1. The zero-order valence-corrected chi connectivity index (χ0v) is 20.7. The molecule has 2 N–H and O–H groups in total. The fraction of sp³-hybridized carbons (Fsp3) is 0.259. The highest BCUT2D eigenvalue weighted by Gasteiger charge is 2.19. The minimum Gasteiger partial charge on any atom is -0.461 e. The number of methoxy groups -OCH3 is 1. The molecule has 0 unspecified atom stereocenters. The van der Waals surface area contributed by atoms with Crippen molar-refractivity contribution in [1.29, 1.82) is 0 Å². The average Bonchev–Trinajstić information content (AvgIpc) is 3.23. The maximum atomic E-state index is 6.31. The molecule has 0 atom stereocenters. The number of ether oxygens (including phenoxy) is 2. The van der Waals surface area contributed by atoms with E-state index in [4.69, 9.17) is 20.2 Å². The lowest BCUT2D eigenvalue weighted by atomic mass is 10.1. The average molecular weight is 484 g/mol. The molecule has 0 aliphatic heterocycles. The van der Waals surface area contributed by atoms with E-state index in [1.165, 1.54) is 5.56 Å². The highest BCUT2D eigenvalue weighted by molar-refractivity contribution is 5.88. The van der Waals surface area contributed by atoms with E-state index in [1.807, 2.05) is 35.0 Å². The summed E-state index contributed by atoms with van der Waals surface area (Å²) in [4.78, 5) is 20.6. The minimum absolute atomic E-state index is 0.197. The quantitative estimate of drug-likeness (QED) is 0.316. The van der Waals surface area contributed by atoms with E-state index in [2.05, 4.69) is 64.3 Å². The van der Waals surface area contributed by atoms with Crippen molar-refractivity contribution in [3.63, 3.8) is 0 Å². The fourth-order valence-corrected chi connectivity index (χ4v) is 4.14. The number of nitrogens with two attached hydrogens (primary N) is 1. The standard InChI is InChI=1S/C27H29N7O2/c1-33(2)16-18-8-10-19(11-9-18)17-34-25(21-14-20-6-4-5-7-22(20)29-15-21)30-23-24(28)31-27(32-26(23)34)36-13-12-35-3/h4-11,14-15H,12-13,16-17H2,1-3H3,(H2,28,31,32). The van der Waals surface area contributed by atoms with Gasteiger partial charge in [-0.15, -0.1) is 0 Å². The third-order valence-electron chi connectivity index (χ3n) is 5.83. The molecule has 0 fully saturated rings. The largest absolute Gasteiger partial charge is 0.461 e. The van der Waals surface area contributed by atoms with Crippen molar-refractivity contribution in [2.24, 2.45) is 0 Å². The summed E-state index contributed by atoms with van der Waals surface area (Å²) in [5, 5.41) is 1.03. The lowest BCUT2D eigenvalue weighted by Gasteiger charge is -2.12. The van der Waals surface area contributed by atoms with E-state index >= 15 is 0 Å². The van der Waals surface area contributed by atoms with E-state index in [1.54, 1.807) is 7.11 Å². The summed E-state index contributed by atoms with van der Waals surface area (Å²) in [6, 6.07) is 18.8. The Morgan fingerprint density at radius 1 is 0.944 bits per heavy atom. The van der Waals surface area contributed by atoms with Gasteiger partial charge in [-0.25, -0.2) is 4.98 Å². The Morgan fingerprint density at radius 3 is 2.50 bits per heavy atom. The molecule has 0 bridgehead atoms. The van der Waals surface area contributed by atoms with E-state index in [0.717, 1.165) is 34.4 Å². The van der Waals surface area contributed by atoms with Gasteiger partial charge in [0.05, 0.1) is 18.7 Å². The number of hydrogen-bond acceptors (Lipinski definition) is 8. The van der Waals surface area contributed by atoms with Crippen LogP contribution in [0.3, 0.4) is 0 Å². The van der Waals surface area contributed by atoms with Gasteiger partial charge in [-0.2, -0.15) is 9.97 Å². The molecular formula is C27H29N7O2. The van der Waals surface area contributed by atoms with Gasteiger partial charge in [-0.3, -0.25) is 4.98 Å². The van der Waals surface area contributed by atoms with E-state index in [9.17, 15) is 0 Å². The zero-order valence-electron chi connectivity index (χ0n) is 20.7. The number of imidazole rings is 1. The molecule has 184 valence electrons. The second-order valence-corrected chi connectivity index (χ2v) is 8.90. The van der Waals surface area contributed by atoms with Crippen LogP contribution in [0.25, 0.3) is 33.5 Å². The van der Waals surface area contributed by atoms with Gasteiger partial charge in [-0.05, 0) is 37.4 Å². The number of nitrogens with zero attached hydrogens (tertiary/aromatic N) is 6. The van der Waals surface area contributed by atoms with Gasteiger partial charge >= 0.3 is 6.01 Å². The molecule has 5 rings (SSSR count). The summed E-state index contributed by atoms with van der Waals surface area (Å²) >= 11 is 0. The van der Waals surface area contributed by atoms with Gasteiger partial charge in [0.15, 0.2) is 17.0 Å². The first-order valence-corrected chi connectivity index (χ1v) is 11.7. The summed E-state index contributed by atoms with van der Waals surface area (Å²) in [6.07, 6.45) is 1.83. The molecule has 0 aliphatic rings. The number of anilines is 1. The van der Waals surface area contributed by atoms with Crippen molar-refractivity contribution in [2.75, 3.05) is 40.2 Å². The number of nitrogen functional groups attached to an aromatic ring is 1. The fourth-order valence-electron chi connectivity index (χ4n) is 4.14. The van der Waals surface area contributed by atoms with Crippen molar-refractivity contribution in [1.82, 2.24) is 29.4 Å². The Labute approximate surface area is 209 Å². The van der Waals surface area contributed by atoms with Crippen LogP contribution in [0, 0.1) is 0 Å². The highest BCUT2D eigenvalue weighted by Crippen LogP contribution is 2.30. The molecule has 0 spiro atoms. The summed E-state index contributed by atoms with van der Waals surface area (Å²) in [5.74, 6) is 0.984. The van der Waals surface area contributed by atoms with Crippen LogP contribution in [0.2, 0.25) is 0 Å². The van der Waals surface area contributed by atoms with Gasteiger partial charge in [-0.1, -0.05) is 42.5 Å². The lowest BCUT2D eigenvalue weighted by Crippen LogP contribution is -2.11. The molecule has 9 nitrogen and oxygen atoms in total. The van der Waals surface area contributed by atoms with Crippen LogP contribution in [-0.4, -0.2) is 63.8 Å². The van der Waals surface area contributed by atoms with Crippen molar-refractivity contribution in [3.8, 4) is 17.4 Å². The summed E-state index contributed by atoms with van der Waals surface area (Å²) < 4.78 is 12.8. The van der Waals surface area contributed by atoms with Crippen LogP contribution in [0.1, 0.15) is 11.1 Å². The minimum atomic E-state index is 0.197. The Bertz CT molecular complexity index is 1500. The Balaban J connectivity index is 1.61.